The van der Waals surface area contributed by atoms with Crippen molar-refractivity contribution in [2.24, 2.45) is 0 Å². The number of phenols is 1. The van der Waals surface area contributed by atoms with Gasteiger partial charge in [0.15, 0.2) is 0 Å². The first-order valence-electron chi connectivity index (χ1n) is 4.28. The molecule has 0 aromatic heterocycles. The fourth-order valence-corrected chi connectivity index (χ4v) is 0.976. The van der Waals surface area contributed by atoms with Crippen LogP contribution in [0.5, 0.6) is 11.5 Å². The highest BCUT2D eigenvalue weighted by atomic mass is 16.5. The van der Waals surface area contributed by atoms with Crippen LogP contribution in [0.15, 0.2) is 30.5 Å². The van der Waals surface area contributed by atoms with Gasteiger partial charge in [-0.1, -0.05) is 13.5 Å². The number of phenolic OH excluding ortho intramolecular Hbond substituents is 1. The van der Waals surface area contributed by atoms with Crippen molar-refractivity contribution in [3.63, 3.8) is 0 Å². The van der Waals surface area contributed by atoms with E-state index < -0.39 is 0 Å². The highest BCUT2D eigenvalue weighted by molar-refractivity contribution is 5.39. The lowest BCUT2D eigenvalue weighted by molar-refractivity contribution is 0.407. The summed E-state index contributed by atoms with van der Waals surface area (Å²) in [5.74, 6) is 1.74. The van der Waals surface area contributed by atoms with Crippen molar-refractivity contribution >= 4 is 0 Å². The van der Waals surface area contributed by atoms with E-state index in [1.807, 2.05) is 13.8 Å². The quantitative estimate of drug-likeness (QED) is 0.721. The van der Waals surface area contributed by atoms with Gasteiger partial charge in [-0.15, -0.1) is 0 Å². The zero-order valence-electron chi connectivity index (χ0n) is 8.00. The number of aryl methyl sites for hydroxylation is 1. The molecule has 0 radical (unpaired) electrons. The molecule has 13 heavy (non-hydrogen) atoms. The second-order valence-corrected chi connectivity index (χ2v) is 2.94. The van der Waals surface area contributed by atoms with E-state index in [4.69, 9.17) is 9.84 Å². The van der Waals surface area contributed by atoms with E-state index in [-0.39, 0.29) is 5.75 Å². The fourth-order valence-electron chi connectivity index (χ4n) is 0.976. The van der Waals surface area contributed by atoms with Crippen LogP contribution in [-0.4, -0.2) is 5.11 Å². The van der Waals surface area contributed by atoms with Gasteiger partial charge in [0.25, 0.3) is 0 Å². The summed E-state index contributed by atoms with van der Waals surface area (Å²) in [6.45, 7) is 7.62. The molecule has 2 nitrogen and oxygen atoms in total. The topological polar surface area (TPSA) is 29.5 Å². The summed E-state index contributed by atoms with van der Waals surface area (Å²) in [5.41, 5.74) is 0.912. The first kappa shape index (κ1) is 9.65. The number of hydrogen-bond donors (Lipinski definition) is 1. The van der Waals surface area contributed by atoms with Crippen LogP contribution in [0.25, 0.3) is 0 Å². The number of ether oxygens (including phenoxy) is 1. The number of rotatable bonds is 3. The summed E-state index contributed by atoms with van der Waals surface area (Å²) in [4.78, 5) is 0. The van der Waals surface area contributed by atoms with Gasteiger partial charge >= 0.3 is 0 Å². The second kappa shape index (κ2) is 3.99. The summed E-state index contributed by atoms with van der Waals surface area (Å²) in [7, 11) is 0. The van der Waals surface area contributed by atoms with Crippen LogP contribution in [0.2, 0.25) is 0 Å². The molecule has 1 aromatic rings. The van der Waals surface area contributed by atoms with Gasteiger partial charge in [0.05, 0.1) is 5.76 Å². The molecule has 70 valence electrons. The largest absolute Gasteiger partial charge is 0.508 e. The molecule has 0 saturated carbocycles. The molecule has 0 spiro atoms. The highest BCUT2D eigenvalue weighted by Crippen LogP contribution is 2.24. The molecular weight excluding hydrogens is 164 g/mol. The van der Waals surface area contributed by atoms with E-state index in [0.29, 0.717) is 0 Å². The maximum Gasteiger partial charge on any atom is 0.130 e. The van der Waals surface area contributed by atoms with Gasteiger partial charge in [0, 0.05) is 6.42 Å². The van der Waals surface area contributed by atoms with Crippen LogP contribution in [0.1, 0.15) is 18.9 Å². The Balaban J connectivity index is 2.83. The van der Waals surface area contributed by atoms with Crippen molar-refractivity contribution in [2.75, 3.05) is 0 Å². The van der Waals surface area contributed by atoms with Crippen molar-refractivity contribution in [1.29, 1.82) is 0 Å². The highest BCUT2D eigenvalue weighted by Gasteiger charge is 2.01. The molecule has 0 unspecified atom stereocenters. The van der Waals surface area contributed by atoms with Crippen LogP contribution < -0.4 is 4.74 Å². The molecule has 1 rings (SSSR count). The van der Waals surface area contributed by atoms with E-state index in [0.717, 1.165) is 23.5 Å². The third-order valence-electron chi connectivity index (χ3n) is 1.81. The molecule has 1 aromatic carbocycles. The van der Waals surface area contributed by atoms with Gasteiger partial charge in [-0.25, -0.2) is 0 Å². The van der Waals surface area contributed by atoms with Crippen LogP contribution in [-0.2, 0) is 0 Å². The zero-order chi connectivity index (χ0) is 9.84. The van der Waals surface area contributed by atoms with Gasteiger partial charge in [0.2, 0.25) is 0 Å². The Bertz CT molecular complexity index is 316. The second-order valence-electron chi connectivity index (χ2n) is 2.94. The summed E-state index contributed by atoms with van der Waals surface area (Å²) in [6, 6.07) is 5.01. The third-order valence-corrected chi connectivity index (χ3v) is 1.81. The monoisotopic (exact) mass is 178 g/mol. The average Bonchev–Trinajstić information content (AvgIpc) is 2.09. The summed E-state index contributed by atoms with van der Waals surface area (Å²) < 4.78 is 5.44. The van der Waals surface area contributed by atoms with E-state index >= 15 is 0 Å². The maximum absolute atomic E-state index is 9.15. The summed E-state index contributed by atoms with van der Waals surface area (Å²) in [6.07, 6.45) is 0.792. The van der Waals surface area contributed by atoms with Gasteiger partial charge in [-0.2, -0.15) is 0 Å². The van der Waals surface area contributed by atoms with Gasteiger partial charge in [-0.05, 0) is 30.7 Å². The fraction of sp³-hybridized carbons (Fsp3) is 0.273. The average molecular weight is 178 g/mol. The Morgan fingerprint density at radius 1 is 1.54 bits per heavy atom. The number of allylic oxidation sites excluding steroid dienone is 1. The molecule has 0 heterocycles. The van der Waals surface area contributed by atoms with Gasteiger partial charge < -0.3 is 9.84 Å². The smallest absolute Gasteiger partial charge is 0.130 e. The zero-order valence-corrected chi connectivity index (χ0v) is 8.00. The molecule has 0 aliphatic rings. The lowest BCUT2D eigenvalue weighted by atomic mass is 10.2. The summed E-state index contributed by atoms with van der Waals surface area (Å²) >= 11 is 0. The molecule has 0 aliphatic heterocycles. The van der Waals surface area contributed by atoms with Crippen LogP contribution in [0.4, 0.5) is 0 Å². The van der Waals surface area contributed by atoms with Crippen molar-refractivity contribution in [1.82, 2.24) is 0 Å². The third kappa shape index (κ3) is 2.51. The van der Waals surface area contributed by atoms with Crippen molar-refractivity contribution in [2.45, 2.75) is 20.3 Å². The minimum atomic E-state index is 0.256. The molecule has 0 bridgehead atoms. The Morgan fingerprint density at radius 2 is 2.23 bits per heavy atom. The van der Waals surface area contributed by atoms with Crippen molar-refractivity contribution in [3.05, 3.63) is 36.1 Å². The molecule has 1 N–H and O–H groups in total. The Kier molecular flexibility index (Phi) is 2.96. The lowest BCUT2D eigenvalue weighted by Gasteiger charge is -2.09. The number of benzene rings is 1. The predicted molar refractivity (Wildman–Crippen MR) is 52.9 cm³/mol. The van der Waals surface area contributed by atoms with E-state index in [9.17, 15) is 0 Å². The molecule has 0 aliphatic carbocycles. The molecule has 0 atom stereocenters. The lowest BCUT2D eigenvalue weighted by Crippen LogP contribution is -1.93. The minimum Gasteiger partial charge on any atom is -0.508 e. The molecule has 0 saturated heterocycles. The summed E-state index contributed by atoms with van der Waals surface area (Å²) in [5, 5.41) is 9.15. The number of hydrogen-bond acceptors (Lipinski definition) is 2. The molecule has 0 amide bonds. The SMILES string of the molecule is C=C(CC)Oc1ccc(O)cc1C. The maximum atomic E-state index is 9.15. The van der Waals surface area contributed by atoms with E-state index in [1.165, 1.54) is 0 Å². The van der Waals surface area contributed by atoms with Crippen LogP contribution >= 0.6 is 0 Å². The minimum absolute atomic E-state index is 0.256. The standard InChI is InChI=1S/C11H14O2/c1-4-9(3)13-11-6-5-10(12)7-8(11)2/h5-7,12H,3-4H2,1-2H3. The van der Waals surface area contributed by atoms with E-state index in [2.05, 4.69) is 6.58 Å². The Labute approximate surface area is 78.5 Å². The van der Waals surface area contributed by atoms with E-state index in [1.54, 1.807) is 18.2 Å². The first-order valence-corrected chi connectivity index (χ1v) is 4.28. The van der Waals surface area contributed by atoms with Crippen LogP contribution in [0.3, 0.4) is 0 Å². The van der Waals surface area contributed by atoms with Gasteiger partial charge in [0.1, 0.15) is 11.5 Å². The molecule has 2 heteroatoms. The van der Waals surface area contributed by atoms with Crippen LogP contribution in [0, 0.1) is 6.92 Å². The van der Waals surface area contributed by atoms with Crippen molar-refractivity contribution in [3.8, 4) is 11.5 Å². The number of aromatic hydroxyl groups is 1. The molecule has 0 fully saturated rings. The first-order chi connectivity index (χ1) is 6.13. The van der Waals surface area contributed by atoms with Crippen molar-refractivity contribution < 1.29 is 9.84 Å². The van der Waals surface area contributed by atoms with Gasteiger partial charge in [-0.3, -0.25) is 0 Å². The Hall–Kier alpha value is -1.44. The Morgan fingerprint density at radius 3 is 2.77 bits per heavy atom. The predicted octanol–water partition coefficient (Wildman–Crippen LogP) is 3.00. The molecular formula is C11H14O2. The normalized spacial score (nSPS) is 9.69.